The average molecular weight is 285 g/mol. The number of carbonyl (C=O) groups excluding carboxylic acids is 1. The van der Waals surface area contributed by atoms with Crippen LogP contribution in [0.15, 0.2) is 42.5 Å². The summed E-state index contributed by atoms with van der Waals surface area (Å²) in [6.45, 7) is 1.94. The molecular formula is C16H13ClN2O. The summed E-state index contributed by atoms with van der Waals surface area (Å²) < 4.78 is 0. The Kier molecular flexibility index (Phi) is 4.39. The van der Waals surface area contributed by atoms with Crippen LogP contribution in [0.2, 0.25) is 5.02 Å². The van der Waals surface area contributed by atoms with Gasteiger partial charge in [-0.15, -0.1) is 0 Å². The van der Waals surface area contributed by atoms with Gasteiger partial charge < -0.3 is 5.32 Å². The molecule has 1 N–H and O–H groups in total. The molecule has 0 aliphatic carbocycles. The van der Waals surface area contributed by atoms with E-state index in [1.165, 1.54) is 0 Å². The second-order valence-electron chi connectivity index (χ2n) is 4.52. The van der Waals surface area contributed by atoms with Crippen LogP contribution >= 0.6 is 11.6 Å². The minimum atomic E-state index is -0.137. The van der Waals surface area contributed by atoms with E-state index in [1.54, 1.807) is 30.3 Å². The summed E-state index contributed by atoms with van der Waals surface area (Å²) in [4.78, 5) is 12.0. The van der Waals surface area contributed by atoms with E-state index < -0.39 is 0 Å². The molecule has 0 aliphatic rings. The van der Waals surface area contributed by atoms with Crippen molar-refractivity contribution in [3.63, 3.8) is 0 Å². The van der Waals surface area contributed by atoms with Crippen LogP contribution in [0.5, 0.6) is 0 Å². The standard InChI is InChI=1S/C16H13ClN2O/c1-11-2-7-14(17)15(8-11)19-16(20)9-12-3-5-13(10-18)6-4-12/h2-8H,9H2,1H3,(H,19,20). The summed E-state index contributed by atoms with van der Waals surface area (Å²) in [6, 6.07) is 14.5. The van der Waals surface area contributed by atoms with E-state index in [0.717, 1.165) is 11.1 Å². The van der Waals surface area contributed by atoms with Crippen molar-refractivity contribution in [2.45, 2.75) is 13.3 Å². The third-order valence-corrected chi connectivity index (χ3v) is 3.17. The van der Waals surface area contributed by atoms with Gasteiger partial charge in [-0.2, -0.15) is 5.26 Å². The lowest BCUT2D eigenvalue weighted by atomic mass is 10.1. The number of nitrogens with one attached hydrogen (secondary N) is 1. The Balaban J connectivity index is 2.05. The Hall–Kier alpha value is -2.31. The highest BCUT2D eigenvalue weighted by Gasteiger charge is 2.07. The first-order valence-corrected chi connectivity index (χ1v) is 6.51. The fourth-order valence-corrected chi connectivity index (χ4v) is 1.98. The molecule has 0 saturated heterocycles. The van der Waals surface area contributed by atoms with Crippen molar-refractivity contribution < 1.29 is 4.79 Å². The van der Waals surface area contributed by atoms with Gasteiger partial charge in [0.1, 0.15) is 0 Å². The Labute approximate surface area is 122 Å². The van der Waals surface area contributed by atoms with Crippen molar-refractivity contribution in [3.05, 3.63) is 64.2 Å². The third-order valence-electron chi connectivity index (χ3n) is 2.84. The zero-order valence-corrected chi connectivity index (χ0v) is 11.7. The molecule has 3 nitrogen and oxygen atoms in total. The van der Waals surface area contributed by atoms with Crippen molar-refractivity contribution in [2.75, 3.05) is 5.32 Å². The molecule has 0 bridgehead atoms. The molecule has 0 radical (unpaired) electrons. The highest BCUT2D eigenvalue weighted by Crippen LogP contribution is 2.22. The second-order valence-corrected chi connectivity index (χ2v) is 4.92. The molecule has 0 unspecified atom stereocenters. The van der Waals surface area contributed by atoms with Gasteiger partial charge in [-0.1, -0.05) is 29.8 Å². The first-order chi connectivity index (χ1) is 9.58. The zero-order chi connectivity index (χ0) is 14.5. The van der Waals surface area contributed by atoms with Gasteiger partial charge in [0.05, 0.1) is 28.8 Å². The maximum absolute atomic E-state index is 12.0. The number of hydrogen-bond donors (Lipinski definition) is 1. The van der Waals surface area contributed by atoms with Crippen molar-refractivity contribution in [3.8, 4) is 6.07 Å². The lowest BCUT2D eigenvalue weighted by Crippen LogP contribution is -2.14. The molecule has 0 atom stereocenters. The van der Waals surface area contributed by atoms with E-state index in [9.17, 15) is 4.79 Å². The molecular weight excluding hydrogens is 272 g/mol. The summed E-state index contributed by atoms with van der Waals surface area (Å²) >= 11 is 6.03. The summed E-state index contributed by atoms with van der Waals surface area (Å²) in [5, 5.41) is 12.0. The number of nitriles is 1. The molecule has 2 aromatic rings. The first-order valence-electron chi connectivity index (χ1n) is 6.13. The second kappa shape index (κ2) is 6.23. The average Bonchev–Trinajstić information content (AvgIpc) is 2.43. The minimum Gasteiger partial charge on any atom is -0.324 e. The van der Waals surface area contributed by atoms with E-state index in [1.807, 2.05) is 25.1 Å². The Morgan fingerprint density at radius 2 is 1.95 bits per heavy atom. The molecule has 0 aromatic heterocycles. The number of anilines is 1. The van der Waals surface area contributed by atoms with Crippen LogP contribution in [0.25, 0.3) is 0 Å². The van der Waals surface area contributed by atoms with Gasteiger partial charge in [0, 0.05) is 0 Å². The molecule has 2 rings (SSSR count). The van der Waals surface area contributed by atoms with Gasteiger partial charge in [0.2, 0.25) is 5.91 Å². The monoisotopic (exact) mass is 284 g/mol. The number of nitrogens with zero attached hydrogens (tertiary/aromatic N) is 1. The number of rotatable bonds is 3. The molecule has 0 spiro atoms. The van der Waals surface area contributed by atoms with Crippen LogP contribution < -0.4 is 5.32 Å². The lowest BCUT2D eigenvalue weighted by molar-refractivity contribution is -0.115. The smallest absolute Gasteiger partial charge is 0.228 e. The molecule has 20 heavy (non-hydrogen) atoms. The summed E-state index contributed by atoms with van der Waals surface area (Å²) in [6.07, 6.45) is 0.246. The normalized spacial score (nSPS) is 9.85. The van der Waals surface area contributed by atoms with Crippen LogP contribution in [-0.2, 0) is 11.2 Å². The van der Waals surface area contributed by atoms with Crippen molar-refractivity contribution in [1.82, 2.24) is 0 Å². The van der Waals surface area contributed by atoms with Crippen LogP contribution in [-0.4, -0.2) is 5.91 Å². The number of halogens is 1. The highest BCUT2D eigenvalue weighted by molar-refractivity contribution is 6.33. The minimum absolute atomic E-state index is 0.137. The lowest BCUT2D eigenvalue weighted by Gasteiger charge is -2.08. The molecule has 1 amide bonds. The molecule has 0 saturated carbocycles. The van der Waals surface area contributed by atoms with Crippen LogP contribution in [0.3, 0.4) is 0 Å². The topological polar surface area (TPSA) is 52.9 Å². The Morgan fingerprint density at radius 1 is 1.25 bits per heavy atom. The Bertz CT molecular complexity index is 672. The van der Waals surface area contributed by atoms with Crippen molar-refractivity contribution in [1.29, 1.82) is 5.26 Å². The van der Waals surface area contributed by atoms with Gasteiger partial charge in [-0.05, 0) is 42.3 Å². The fraction of sp³-hybridized carbons (Fsp3) is 0.125. The van der Waals surface area contributed by atoms with Crippen molar-refractivity contribution >= 4 is 23.2 Å². The first kappa shape index (κ1) is 14.1. The predicted molar refractivity (Wildman–Crippen MR) is 79.7 cm³/mol. The van der Waals surface area contributed by atoms with E-state index in [2.05, 4.69) is 5.32 Å². The van der Waals surface area contributed by atoms with Crippen LogP contribution in [0.1, 0.15) is 16.7 Å². The van der Waals surface area contributed by atoms with E-state index in [0.29, 0.717) is 16.3 Å². The fourth-order valence-electron chi connectivity index (χ4n) is 1.81. The molecule has 0 fully saturated rings. The van der Waals surface area contributed by atoms with E-state index >= 15 is 0 Å². The summed E-state index contributed by atoms with van der Waals surface area (Å²) in [7, 11) is 0. The van der Waals surface area contributed by atoms with E-state index in [4.69, 9.17) is 16.9 Å². The summed E-state index contributed by atoms with van der Waals surface area (Å²) in [5.41, 5.74) is 3.08. The van der Waals surface area contributed by atoms with E-state index in [-0.39, 0.29) is 12.3 Å². The molecule has 0 heterocycles. The van der Waals surface area contributed by atoms with Gasteiger partial charge in [-0.25, -0.2) is 0 Å². The third kappa shape index (κ3) is 3.59. The van der Waals surface area contributed by atoms with Crippen molar-refractivity contribution in [2.24, 2.45) is 0 Å². The molecule has 100 valence electrons. The molecule has 0 aliphatic heterocycles. The zero-order valence-electron chi connectivity index (χ0n) is 11.0. The number of carbonyl (C=O) groups is 1. The van der Waals surface area contributed by atoms with Gasteiger partial charge in [0.25, 0.3) is 0 Å². The highest BCUT2D eigenvalue weighted by atomic mass is 35.5. The number of hydrogen-bond acceptors (Lipinski definition) is 2. The number of benzene rings is 2. The predicted octanol–water partition coefficient (Wildman–Crippen LogP) is 3.70. The maximum atomic E-state index is 12.0. The van der Waals surface area contributed by atoms with Crippen LogP contribution in [0.4, 0.5) is 5.69 Å². The number of amides is 1. The van der Waals surface area contributed by atoms with Gasteiger partial charge in [0.15, 0.2) is 0 Å². The number of aryl methyl sites for hydroxylation is 1. The largest absolute Gasteiger partial charge is 0.324 e. The quantitative estimate of drug-likeness (QED) is 0.934. The SMILES string of the molecule is Cc1ccc(Cl)c(NC(=O)Cc2ccc(C#N)cc2)c1. The molecule has 2 aromatic carbocycles. The van der Waals surface area contributed by atoms with Crippen LogP contribution in [0, 0.1) is 18.3 Å². The maximum Gasteiger partial charge on any atom is 0.228 e. The van der Waals surface area contributed by atoms with Gasteiger partial charge in [-0.3, -0.25) is 4.79 Å². The molecule has 4 heteroatoms. The summed E-state index contributed by atoms with van der Waals surface area (Å²) in [5.74, 6) is -0.137. The Morgan fingerprint density at radius 3 is 2.60 bits per heavy atom. The van der Waals surface area contributed by atoms with Gasteiger partial charge >= 0.3 is 0 Å².